The summed E-state index contributed by atoms with van der Waals surface area (Å²) in [7, 11) is 2.06. The Morgan fingerprint density at radius 2 is 1.92 bits per heavy atom. The van der Waals surface area contributed by atoms with E-state index in [1.165, 1.54) is 5.69 Å². The van der Waals surface area contributed by atoms with Crippen LogP contribution in [0.1, 0.15) is 13.3 Å². The Morgan fingerprint density at radius 1 is 1.25 bits per heavy atom. The summed E-state index contributed by atoms with van der Waals surface area (Å²) < 4.78 is 0. The zero-order valence-electron chi connectivity index (χ0n) is 7.70. The number of rotatable bonds is 3. The van der Waals surface area contributed by atoms with Gasteiger partial charge in [0.25, 0.3) is 0 Å². The van der Waals surface area contributed by atoms with Crippen LogP contribution in [0, 0.1) is 0 Å². The second kappa shape index (κ2) is 4.60. The van der Waals surface area contributed by atoms with Gasteiger partial charge in [0.15, 0.2) is 0 Å². The third kappa shape index (κ3) is 2.42. The molecule has 1 rings (SSSR count). The minimum atomic E-state index is 1.08. The second-order valence-electron chi connectivity index (χ2n) is 2.74. The van der Waals surface area contributed by atoms with Crippen molar-refractivity contribution in [3.8, 4) is 0 Å². The summed E-state index contributed by atoms with van der Waals surface area (Å²) in [4.78, 5) is 2.11. The zero-order valence-corrected chi connectivity index (χ0v) is 7.70. The molecule has 1 heteroatoms. The highest BCUT2D eigenvalue weighted by atomic mass is 15.1. The fourth-order valence-electron chi connectivity index (χ4n) is 1.01. The van der Waals surface area contributed by atoms with Crippen molar-refractivity contribution < 1.29 is 0 Å². The van der Waals surface area contributed by atoms with Gasteiger partial charge in [-0.25, -0.2) is 0 Å². The number of nitrogens with zero attached hydrogens (tertiary/aromatic N) is 1. The van der Waals surface area contributed by atoms with Gasteiger partial charge in [-0.15, -0.1) is 0 Å². The molecule has 12 heavy (non-hydrogen) atoms. The van der Waals surface area contributed by atoms with Gasteiger partial charge in [-0.1, -0.05) is 31.2 Å². The highest BCUT2D eigenvalue weighted by Gasteiger charge is 1.91. The summed E-state index contributed by atoms with van der Waals surface area (Å²) in [5.41, 5.74) is 1.22. The van der Waals surface area contributed by atoms with Gasteiger partial charge < -0.3 is 4.90 Å². The first-order valence-corrected chi connectivity index (χ1v) is 4.29. The van der Waals surface area contributed by atoms with Gasteiger partial charge in [0.05, 0.1) is 0 Å². The lowest BCUT2D eigenvalue weighted by Crippen LogP contribution is -2.06. The van der Waals surface area contributed by atoms with Crippen molar-refractivity contribution in [1.29, 1.82) is 0 Å². The summed E-state index contributed by atoms with van der Waals surface area (Å²) in [6, 6.07) is 10.3. The van der Waals surface area contributed by atoms with E-state index in [4.69, 9.17) is 0 Å². The molecule has 0 radical (unpaired) electrons. The van der Waals surface area contributed by atoms with Crippen molar-refractivity contribution in [3.05, 3.63) is 42.6 Å². The fourth-order valence-corrected chi connectivity index (χ4v) is 1.01. The van der Waals surface area contributed by atoms with E-state index in [0.29, 0.717) is 0 Å². The molecule has 0 bridgehead atoms. The predicted molar refractivity (Wildman–Crippen MR) is 54.3 cm³/mol. The number of hydrogen-bond donors (Lipinski definition) is 0. The van der Waals surface area contributed by atoms with Crippen molar-refractivity contribution in [2.24, 2.45) is 0 Å². The average molecular weight is 161 g/mol. The molecule has 0 amide bonds. The SMILES string of the molecule is CCC=CN(C)c1ccccc1. The van der Waals surface area contributed by atoms with Crippen LogP contribution in [0.25, 0.3) is 0 Å². The van der Waals surface area contributed by atoms with E-state index in [0.717, 1.165) is 6.42 Å². The normalized spacial score (nSPS) is 10.5. The van der Waals surface area contributed by atoms with Crippen LogP contribution in [0.3, 0.4) is 0 Å². The molecule has 1 aromatic rings. The molecule has 1 nitrogen and oxygen atoms in total. The van der Waals surface area contributed by atoms with Gasteiger partial charge in [0, 0.05) is 12.7 Å². The third-order valence-corrected chi connectivity index (χ3v) is 1.73. The molecule has 1 aromatic carbocycles. The summed E-state index contributed by atoms with van der Waals surface area (Å²) in [6.45, 7) is 2.13. The van der Waals surface area contributed by atoms with E-state index in [1.54, 1.807) is 0 Å². The van der Waals surface area contributed by atoms with Crippen LogP contribution < -0.4 is 4.90 Å². The molecular weight excluding hydrogens is 146 g/mol. The molecule has 0 aliphatic rings. The molecule has 0 heterocycles. The van der Waals surface area contributed by atoms with Crippen LogP contribution in [0.5, 0.6) is 0 Å². The molecular formula is C11H15N. The van der Waals surface area contributed by atoms with Crippen molar-refractivity contribution in [2.75, 3.05) is 11.9 Å². The Morgan fingerprint density at radius 3 is 2.50 bits per heavy atom. The first-order chi connectivity index (χ1) is 5.84. The lowest BCUT2D eigenvalue weighted by Gasteiger charge is -2.13. The fraction of sp³-hybridized carbons (Fsp3) is 0.273. The Labute approximate surface area is 74.3 Å². The molecule has 0 aromatic heterocycles. The van der Waals surface area contributed by atoms with Crippen molar-refractivity contribution >= 4 is 5.69 Å². The Kier molecular flexibility index (Phi) is 3.39. The highest BCUT2D eigenvalue weighted by molar-refractivity contribution is 5.47. The van der Waals surface area contributed by atoms with Gasteiger partial charge in [-0.2, -0.15) is 0 Å². The maximum atomic E-state index is 2.15. The maximum Gasteiger partial charge on any atom is 0.0403 e. The third-order valence-electron chi connectivity index (χ3n) is 1.73. The molecule has 0 aliphatic heterocycles. The minimum Gasteiger partial charge on any atom is -0.351 e. The molecule has 0 unspecified atom stereocenters. The minimum absolute atomic E-state index is 1.08. The molecule has 64 valence electrons. The summed E-state index contributed by atoms with van der Waals surface area (Å²) in [5.74, 6) is 0. The van der Waals surface area contributed by atoms with Crippen LogP contribution in [-0.2, 0) is 0 Å². The van der Waals surface area contributed by atoms with Gasteiger partial charge >= 0.3 is 0 Å². The predicted octanol–water partition coefficient (Wildman–Crippen LogP) is 3.05. The summed E-state index contributed by atoms with van der Waals surface area (Å²) in [6.07, 6.45) is 5.32. The molecule has 0 atom stereocenters. The van der Waals surface area contributed by atoms with E-state index >= 15 is 0 Å². The number of benzene rings is 1. The summed E-state index contributed by atoms with van der Waals surface area (Å²) in [5, 5.41) is 0. The number of hydrogen-bond acceptors (Lipinski definition) is 1. The Hall–Kier alpha value is -1.24. The molecule has 0 fully saturated rings. The van der Waals surface area contributed by atoms with Gasteiger partial charge in [0.2, 0.25) is 0 Å². The van der Waals surface area contributed by atoms with Crippen molar-refractivity contribution in [2.45, 2.75) is 13.3 Å². The van der Waals surface area contributed by atoms with Crippen LogP contribution in [0.2, 0.25) is 0 Å². The first-order valence-electron chi connectivity index (χ1n) is 4.29. The zero-order chi connectivity index (χ0) is 8.81. The number of allylic oxidation sites excluding steroid dienone is 1. The largest absolute Gasteiger partial charge is 0.351 e. The molecule has 0 saturated carbocycles. The molecule has 0 spiro atoms. The van der Waals surface area contributed by atoms with Gasteiger partial charge in [-0.3, -0.25) is 0 Å². The van der Waals surface area contributed by atoms with Gasteiger partial charge in [-0.05, 0) is 24.8 Å². The van der Waals surface area contributed by atoms with Crippen LogP contribution in [-0.4, -0.2) is 7.05 Å². The van der Waals surface area contributed by atoms with E-state index in [-0.39, 0.29) is 0 Å². The molecule has 0 N–H and O–H groups in total. The Bertz CT molecular complexity index is 238. The molecule has 0 saturated heterocycles. The lowest BCUT2D eigenvalue weighted by atomic mass is 10.3. The maximum absolute atomic E-state index is 2.15. The number of para-hydroxylation sites is 1. The van der Waals surface area contributed by atoms with Crippen molar-refractivity contribution in [3.63, 3.8) is 0 Å². The van der Waals surface area contributed by atoms with E-state index in [9.17, 15) is 0 Å². The highest BCUT2D eigenvalue weighted by Crippen LogP contribution is 2.10. The van der Waals surface area contributed by atoms with Gasteiger partial charge in [0.1, 0.15) is 0 Å². The first kappa shape index (κ1) is 8.85. The van der Waals surface area contributed by atoms with Crippen LogP contribution in [0.15, 0.2) is 42.6 Å². The molecule has 0 aliphatic carbocycles. The summed E-state index contributed by atoms with van der Waals surface area (Å²) >= 11 is 0. The van der Waals surface area contributed by atoms with E-state index in [1.807, 2.05) is 18.2 Å². The average Bonchev–Trinajstić information content (AvgIpc) is 2.15. The second-order valence-corrected chi connectivity index (χ2v) is 2.74. The van der Waals surface area contributed by atoms with E-state index < -0.39 is 0 Å². The van der Waals surface area contributed by atoms with Crippen molar-refractivity contribution in [1.82, 2.24) is 0 Å². The topological polar surface area (TPSA) is 3.24 Å². The Balaban J connectivity index is 2.65. The van der Waals surface area contributed by atoms with E-state index in [2.05, 4.69) is 43.3 Å². The lowest BCUT2D eigenvalue weighted by molar-refractivity contribution is 1.15. The standard InChI is InChI=1S/C11H15N/c1-3-4-10-12(2)11-8-6-5-7-9-11/h4-10H,3H2,1-2H3. The quantitative estimate of drug-likeness (QED) is 0.658. The van der Waals surface area contributed by atoms with Crippen LogP contribution >= 0.6 is 0 Å². The van der Waals surface area contributed by atoms with Crippen LogP contribution in [0.4, 0.5) is 5.69 Å². The monoisotopic (exact) mass is 161 g/mol. The number of anilines is 1. The smallest absolute Gasteiger partial charge is 0.0403 e.